The van der Waals surface area contributed by atoms with Crippen molar-refractivity contribution in [2.24, 2.45) is 5.73 Å². The van der Waals surface area contributed by atoms with Gasteiger partial charge in [-0.2, -0.15) is 13.2 Å². The van der Waals surface area contributed by atoms with Crippen LogP contribution in [-0.4, -0.2) is 84.7 Å². The number of nitrogens with two attached hydrogens (primary N) is 1. The third-order valence-electron chi connectivity index (χ3n) is 2.85. The summed E-state index contributed by atoms with van der Waals surface area (Å²) in [5, 5.41) is 7.12. The first-order chi connectivity index (χ1) is 11.9. The van der Waals surface area contributed by atoms with Gasteiger partial charge in [-0.15, -0.1) is 0 Å². The highest BCUT2D eigenvalue weighted by Crippen LogP contribution is 2.13. The molecule has 12 heteroatoms. The van der Waals surface area contributed by atoms with Gasteiger partial charge < -0.3 is 20.5 Å². The number of carbonyl (C=O) groups is 4. The Morgan fingerprint density at radius 2 is 1.73 bits per heavy atom. The number of carboxylic acid groups (broad SMARTS) is 1. The lowest BCUT2D eigenvalue weighted by Crippen LogP contribution is -2.43. The Labute approximate surface area is 147 Å². The van der Waals surface area contributed by atoms with E-state index in [0.29, 0.717) is 0 Å². The molecule has 0 unspecified atom stereocenters. The molecule has 3 amide bonds. The molecule has 0 spiro atoms. The number of alkyl halides is 3. The summed E-state index contributed by atoms with van der Waals surface area (Å²) in [4.78, 5) is 45.3. The van der Waals surface area contributed by atoms with E-state index < -0.39 is 18.2 Å². The molecule has 9 nitrogen and oxygen atoms in total. The number of ether oxygens (including phenoxy) is 1. The van der Waals surface area contributed by atoms with Gasteiger partial charge in [0.05, 0.1) is 19.6 Å². The maximum absolute atomic E-state index is 11.3. The maximum Gasteiger partial charge on any atom is 0.490 e. The van der Waals surface area contributed by atoms with Crippen molar-refractivity contribution in [1.29, 1.82) is 0 Å². The SMILES string of the molecule is CN(C)C(=O)CCOC[C@@H](N)CN1C(=O)C=CC1=O.O=C(O)C(F)(F)F. The zero-order chi connectivity index (χ0) is 20.5. The van der Waals surface area contributed by atoms with Crippen LogP contribution >= 0.6 is 0 Å². The molecule has 0 aliphatic carbocycles. The minimum Gasteiger partial charge on any atom is -0.475 e. The number of carboxylic acids is 1. The van der Waals surface area contributed by atoms with Crippen molar-refractivity contribution >= 4 is 23.7 Å². The second-order valence-electron chi connectivity index (χ2n) is 5.30. The Morgan fingerprint density at radius 3 is 2.12 bits per heavy atom. The number of imide groups is 1. The average Bonchev–Trinajstić information content (AvgIpc) is 2.82. The number of rotatable bonds is 7. The van der Waals surface area contributed by atoms with Gasteiger partial charge in [0, 0.05) is 38.8 Å². The van der Waals surface area contributed by atoms with Crippen molar-refractivity contribution in [2.45, 2.75) is 18.6 Å². The zero-order valence-corrected chi connectivity index (χ0v) is 14.2. The van der Waals surface area contributed by atoms with Crippen LogP contribution in [0.5, 0.6) is 0 Å². The normalized spacial score (nSPS) is 14.8. The molecule has 0 radical (unpaired) electrons. The van der Waals surface area contributed by atoms with E-state index in [9.17, 15) is 27.6 Å². The second kappa shape index (κ2) is 10.5. The molecule has 26 heavy (non-hydrogen) atoms. The topological polar surface area (TPSA) is 130 Å². The smallest absolute Gasteiger partial charge is 0.475 e. The summed E-state index contributed by atoms with van der Waals surface area (Å²) in [5.74, 6) is -3.50. The minimum absolute atomic E-state index is 0.0253. The highest BCUT2D eigenvalue weighted by Gasteiger charge is 2.38. The fourth-order valence-electron chi connectivity index (χ4n) is 1.52. The van der Waals surface area contributed by atoms with Crippen LogP contribution in [0.1, 0.15) is 6.42 Å². The lowest BCUT2D eigenvalue weighted by atomic mass is 10.3. The zero-order valence-electron chi connectivity index (χ0n) is 14.2. The Morgan fingerprint density at radius 1 is 1.27 bits per heavy atom. The summed E-state index contributed by atoms with van der Waals surface area (Å²) in [6, 6.07) is -0.456. The third kappa shape index (κ3) is 9.13. The summed E-state index contributed by atoms with van der Waals surface area (Å²) < 4.78 is 37.0. The molecule has 0 bridgehead atoms. The molecule has 1 aliphatic rings. The Balaban J connectivity index is 0.000000758. The summed E-state index contributed by atoms with van der Waals surface area (Å²) in [7, 11) is 3.34. The van der Waals surface area contributed by atoms with Crippen molar-refractivity contribution in [3.63, 3.8) is 0 Å². The van der Waals surface area contributed by atoms with Gasteiger partial charge in [-0.25, -0.2) is 4.79 Å². The Kier molecular flexibility index (Phi) is 9.51. The summed E-state index contributed by atoms with van der Waals surface area (Å²) in [5.41, 5.74) is 5.76. The first-order valence-electron chi connectivity index (χ1n) is 7.23. The third-order valence-corrected chi connectivity index (χ3v) is 2.85. The van der Waals surface area contributed by atoms with E-state index in [4.69, 9.17) is 20.4 Å². The van der Waals surface area contributed by atoms with E-state index in [1.165, 1.54) is 17.1 Å². The van der Waals surface area contributed by atoms with Gasteiger partial charge in [0.1, 0.15) is 0 Å². The second-order valence-corrected chi connectivity index (χ2v) is 5.30. The lowest BCUT2D eigenvalue weighted by Gasteiger charge is -2.19. The standard InChI is InChI=1S/C12H19N3O4.C2HF3O2/c1-14(2)10(16)5-6-19-8-9(13)7-15-11(17)3-4-12(15)18;3-2(4,5)1(6)7/h3-4,9H,5-8,13H2,1-2H3;(H,6,7)/t9-;/m0./s1. The first kappa shape index (κ1) is 23.5. The van der Waals surface area contributed by atoms with Crippen molar-refractivity contribution < 1.29 is 42.2 Å². The van der Waals surface area contributed by atoms with Gasteiger partial charge in [-0.3, -0.25) is 19.3 Å². The van der Waals surface area contributed by atoms with Crippen LogP contribution in [-0.2, 0) is 23.9 Å². The van der Waals surface area contributed by atoms with Gasteiger partial charge in [-0.1, -0.05) is 0 Å². The lowest BCUT2D eigenvalue weighted by molar-refractivity contribution is -0.192. The Bertz CT molecular complexity index is 545. The molecule has 1 atom stereocenters. The largest absolute Gasteiger partial charge is 0.490 e. The number of halogens is 3. The average molecular weight is 383 g/mol. The quantitative estimate of drug-likeness (QED) is 0.442. The molecule has 0 saturated heterocycles. The van der Waals surface area contributed by atoms with Crippen molar-refractivity contribution in [3.05, 3.63) is 12.2 Å². The summed E-state index contributed by atoms with van der Waals surface area (Å²) >= 11 is 0. The van der Waals surface area contributed by atoms with Crippen LogP contribution in [0.2, 0.25) is 0 Å². The molecule has 3 N–H and O–H groups in total. The van der Waals surface area contributed by atoms with Gasteiger partial charge >= 0.3 is 12.1 Å². The van der Waals surface area contributed by atoms with Crippen LogP contribution in [0, 0.1) is 0 Å². The fourth-order valence-corrected chi connectivity index (χ4v) is 1.52. The van der Waals surface area contributed by atoms with Crippen molar-refractivity contribution in [2.75, 3.05) is 33.9 Å². The highest BCUT2D eigenvalue weighted by molar-refractivity contribution is 6.12. The number of hydrogen-bond acceptors (Lipinski definition) is 6. The molecule has 148 valence electrons. The van der Waals surface area contributed by atoms with Gasteiger partial charge in [-0.05, 0) is 0 Å². The van der Waals surface area contributed by atoms with Gasteiger partial charge in [0.15, 0.2) is 0 Å². The monoisotopic (exact) mass is 383 g/mol. The minimum atomic E-state index is -5.08. The van der Waals surface area contributed by atoms with Crippen molar-refractivity contribution in [1.82, 2.24) is 9.80 Å². The van der Waals surface area contributed by atoms with Crippen LogP contribution in [0.15, 0.2) is 12.2 Å². The first-order valence-corrected chi connectivity index (χ1v) is 7.23. The molecule has 0 saturated carbocycles. The molecular weight excluding hydrogens is 363 g/mol. The van der Waals surface area contributed by atoms with E-state index in [0.717, 1.165) is 4.90 Å². The number of hydrogen-bond donors (Lipinski definition) is 2. The fraction of sp³-hybridized carbons (Fsp3) is 0.571. The molecule has 0 fully saturated rings. The highest BCUT2D eigenvalue weighted by atomic mass is 19.4. The molecule has 1 aliphatic heterocycles. The van der Waals surface area contributed by atoms with Gasteiger partial charge in [0.2, 0.25) is 5.91 Å². The van der Waals surface area contributed by atoms with Crippen molar-refractivity contribution in [3.8, 4) is 0 Å². The molecule has 1 heterocycles. The van der Waals surface area contributed by atoms with Crippen LogP contribution in [0.3, 0.4) is 0 Å². The van der Waals surface area contributed by atoms with E-state index in [1.807, 2.05) is 0 Å². The molecule has 0 aromatic heterocycles. The molecule has 0 aromatic rings. The summed E-state index contributed by atoms with van der Waals surface area (Å²) in [6.45, 7) is 0.578. The maximum atomic E-state index is 11.3. The number of nitrogens with zero attached hydrogens (tertiary/aromatic N) is 2. The molecular formula is C14H20F3N3O6. The van der Waals surface area contributed by atoms with Crippen LogP contribution in [0.25, 0.3) is 0 Å². The van der Waals surface area contributed by atoms with E-state index >= 15 is 0 Å². The van der Waals surface area contributed by atoms with E-state index in [2.05, 4.69) is 0 Å². The van der Waals surface area contributed by atoms with Crippen LogP contribution in [0.4, 0.5) is 13.2 Å². The molecule has 0 aromatic carbocycles. The van der Waals surface area contributed by atoms with E-state index in [1.54, 1.807) is 14.1 Å². The predicted octanol–water partition coefficient (Wildman–Crippen LogP) is -0.633. The number of carbonyl (C=O) groups excluding carboxylic acids is 3. The Hall–Kier alpha value is -2.47. The van der Waals surface area contributed by atoms with Crippen LogP contribution < -0.4 is 5.73 Å². The van der Waals surface area contributed by atoms with Gasteiger partial charge in [0.25, 0.3) is 11.8 Å². The number of amides is 3. The molecule has 1 rings (SSSR count). The summed E-state index contributed by atoms with van der Waals surface area (Å²) in [6.07, 6.45) is -2.37. The number of aliphatic carboxylic acids is 1. The van der Waals surface area contributed by atoms with E-state index in [-0.39, 0.29) is 43.9 Å². The predicted molar refractivity (Wildman–Crippen MR) is 81.7 cm³/mol.